The summed E-state index contributed by atoms with van der Waals surface area (Å²) in [5, 5.41) is 3.02. The molecule has 2 aromatic rings. The number of anilines is 1. The van der Waals surface area contributed by atoms with Gasteiger partial charge in [-0.3, -0.25) is 4.90 Å². The molecule has 0 atom stereocenters. The molecule has 0 saturated carbocycles. The van der Waals surface area contributed by atoms with Crippen LogP contribution >= 0.6 is 11.3 Å². The normalized spacial score (nSPS) is 20.4. The molecule has 0 unspecified atom stereocenters. The van der Waals surface area contributed by atoms with Crippen molar-refractivity contribution < 1.29 is 9.53 Å². The summed E-state index contributed by atoms with van der Waals surface area (Å²) in [6, 6.07) is 6.45. The molecule has 7 heteroatoms. The summed E-state index contributed by atoms with van der Waals surface area (Å²) in [4.78, 5) is 21.2. The number of morpholine rings is 1. The Hall–Kier alpha value is -1.70. The number of fused-ring (bicyclic) bond motifs is 1. The summed E-state index contributed by atoms with van der Waals surface area (Å²) in [6.07, 6.45) is 2.09. The average molecular weight is 346 g/mol. The molecule has 24 heavy (non-hydrogen) atoms. The fourth-order valence-electron chi connectivity index (χ4n) is 3.51. The Morgan fingerprint density at radius 2 is 2.00 bits per heavy atom. The van der Waals surface area contributed by atoms with Gasteiger partial charge in [0.2, 0.25) is 0 Å². The summed E-state index contributed by atoms with van der Waals surface area (Å²) < 4.78 is 6.52. The number of likely N-dealkylation sites (tertiary alicyclic amines) is 1. The van der Waals surface area contributed by atoms with E-state index >= 15 is 0 Å². The Morgan fingerprint density at radius 3 is 2.79 bits per heavy atom. The van der Waals surface area contributed by atoms with Crippen LogP contribution in [0.3, 0.4) is 0 Å². The molecule has 2 saturated heterocycles. The van der Waals surface area contributed by atoms with Gasteiger partial charge in [-0.2, -0.15) is 0 Å². The van der Waals surface area contributed by atoms with Crippen LogP contribution in [0.2, 0.25) is 0 Å². The zero-order valence-electron chi connectivity index (χ0n) is 13.6. The van der Waals surface area contributed by atoms with Crippen LogP contribution in [-0.2, 0) is 4.74 Å². The standard InChI is InChI=1S/C17H22N4O2S/c22-17(19-13-1-2-15-16(11-13)24-12-18-15)21-5-3-14(4-6-21)20-7-9-23-10-8-20/h1-2,11-12,14H,3-10H2,(H,19,22). The lowest BCUT2D eigenvalue weighted by atomic mass is 10.0. The van der Waals surface area contributed by atoms with Crippen LogP contribution in [0.4, 0.5) is 10.5 Å². The fourth-order valence-corrected chi connectivity index (χ4v) is 4.23. The van der Waals surface area contributed by atoms with E-state index in [-0.39, 0.29) is 6.03 Å². The minimum atomic E-state index is -0.000655. The van der Waals surface area contributed by atoms with Crippen LogP contribution in [0.1, 0.15) is 12.8 Å². The molecule has 1 aromatic heterocycles. The van der Waals surface area contributed by atoms with E-state index in [2.05, 4.69) is 15.2 Å². The van der Waals surface area contributed by atoms with Gasteiger partial charge < -0.3 is 15.0 Å². The molecule has 1 N–H and O–H groups in total. The molecule has 2 aliphatic heterocycles. The predicted octanol–water partition coefficient (Wildman–Crippen LogP) is 2.62. The molecule has 3 heterocycles. The van der Waals surface area contributed by atoms with Gasteiger partial charge >= 0.3 is 6.03 Å². The predicted molar refractivity (Wildman–Crippen MR) is 95.6 cm³/mol. The van der Waals surface area contributed by atoms with Crippen molar-refractivity contribution in [3.8, 4) is 0 Å². The zero-order valence-corrected chi connectivity index (χ0v) is 14.4. The molecule has 0 radical (unpaired) electrons. The third kappa shape index (κ3) is 3.38. The number of urea groups is 1. The average Bonchev–Trinajstić information content (AvgIpc) is 3.10. The smallest absolute Gasteiger partial charge is 0.321 e. The highest BCUT2D eigenvalue weighted by molar-refractivity contribution is 7.16. The van der Waals surface area contributed by atoms with Crippen LogP contribution in [0.5, 0.6) is 0 Å². The van der Waals surface area contributed by atoms with Gasteiger partial charge in [-0.1, -0.05) is 0 Å². The highest BCUT2D eigenvalue weighted by Crippen LogP contribution is 2.23. The van der Waals surface area contributed by atoms with Crippen molar-refractivity contribution in [3.63, 3.8) is 0 Å². The van der Waals surface area contributed by atoms with Gasteiger partial charge in [-0.15, -0.1) is 11.3 Å². The van der Waals surface area contributed by atoms with Crippen molar-refractivity contribution in [3.05, 3.63) is 23.7 Å². The first kappa shape index (κ1) is 15.8. The van der Waals surface area contributed by atoms with Crippen LogP contribution in [0.25, 0.3) is 10.2 Å². The van der Waals surface area contributed by atoms with Gasteiger partial charge in [0.15, 0.2) is 0 Å². The summed E-state index contributed by atoms with van der Waals surface area (Å²) in [7, 11) is 0. The van der Waals surface area contributed by atoms with Gasteiger partial charge in [-0.25, -0.2) is 9.78 Å². The number of nitrogens with one attached hydrogen (secondary N) is 1. The number of rotatable bonds is 2. The number of aromatic nitrogens is 1. The van der Waals surface area contributed by atoms with E-state index in [1.54, 1.807) is 11.3 Å². The van der Waals surface area contributed by atoms with Gasteiger partial charge in [0.25, 0.3) is 0 Å². The number of hydrogen-bond acceptors (Lipinski definition) is 5. The molecule has 2 aliphatic rings. The number of hydrogen-bond donors (Lipinski definition) is 1. The number of carbonyl (C=O) groups is 1. The van der Waals surface area contributed by atoms with Gasteiger partial charge in [0.1, 0.15) is 0 Å². The lowest BCUT2D eigenvalue weighted by Crippen LogP contribution is -2.50. The number of carbonyl (C=O) groups excluding carboxylic acids is 1. The van der Waals surface area contributed by atoms with Crippen molar-refractivity contribution >= 4 is 33.3 Å². The Kier molecular flexibility index (Phi) is 4.64. The van der Waals surface area contributed by atoms with Gasteiger partial charge in [0, 0.05) is 37.9 Å². The summed E-state index contributed by atoms with van der Waals surface area (Å²) >= 11 is 1.59. The molecule has 6 nitrogen and oxygen atoms in total. The van der Waals surface area contributed by atoms with Crippen molar-refractivity contribution in [2.45, 2.75) is 18.9 Å². The lowest BCUT2D eigenvalue weighted by Gasteiger charge is -2.40. The molecule has 0 aliphatic carbocycles. The third-order valence-corrected chi connectivity index (χ3v) is 5.69. The number of ether oxygens (including phenoxy) is 1. The quantitative estimate of drug-likeness (QED) is 0.908. The largest absolute Gasteiger partial charge is 0.379 e. The lowest BCUT2D eigenvalue weighted by molar-refractivity contribution is 0.00419. The molecule has 2 fully saturated rings. The first-order valence-electron chi connectivity index (χ1n) is 8.50. The minimum Gasteiger partial charge on any atom is -0.379 e. The molecular formula is C17H22N4O2S. The molecule has 0 spiro atoms. The molecule has 0 bridgehead atoms. The van der Waals surface area contributed by atoms with Crippen LogP contribution in [0.15, 0.2) is 23.7 Å². The minimum absolute atomic E-state index is 0.000655. The van der Waals surface area contributed by atoms with E-state index in [1.807, 2.05) is 28.6 Å². The summed E-state index contributed by atoms with van der Waals surface area (Å²) in [6.45, 7) is 5.34. The Labute approximate surface area is 145 Å². The summed E-state index contributed by atoms with van der Waals surface area (Å²) in [5.41, 5.74) is 3.64. The van der Waals surface area contributed by atoms with Crippen molar-refractivity contribution in [2.75, 3.05) is 44.7 Å². The Bertz CT molecular complexity index is 705. The van der Waals surface area contributed by atoms with Crippen molar-refractivity contribution in [2.24, 2.45) is 0 Å². The van der Waals surface area contributed by atoms with Crippen molar-refractivity contribution in [1.82, 2.24) is 14.8 Å². The van der Waals surface area contributed by atoms with E-state index in [0.717, 1.165) is 68.1 Å². The van der Waals surface area contributed by atoms with Crippen LogP contribution in [-0.4, -0.2) is 66.2 Å². The van der Waals surface area contributed by atoms with Crippen LogP contribution in [0, 0.1) is 0 Å². The van der Waals surface area contributed by atoms with Gasteiger partial charge in [-0.05, 0) is 31.0 Å². The van der Waals surface area contributed by atoms with E-state index in [0.29, 0.717) is 6.04 Å². The number of piperidine rings is 1. The van der Waals surface area contributed by atoms with E-state index < -0.39 is 0 Å². The molecule has 4 rings (SSSR count). The maximum Gasteiger partial charge on any atom is 0.321 e. The number of thiazole rings is 1. The Morgan fingerprint density at radius 1 is 1.21 bits per heavy atom. The zero-order chi connectivity index (χ0) is 16.4. The second-order valence-electron chi connectivity index (χ2n) is 6.33. The topological polar surface area (TPSA) is 57.7 Å². The van der Waals surface area contributed by atoms with Crippen molar-refractivity contribution in [1.29, 1.82) is 0 Å². The van der Waals surface area contributed by atoms with Crippen LogP contribution < -0.4 is 5.32 Å². The number of amides is 2. The first-order chi connectivity index (χ1) is 11.8. The van der Waals surface area contributed by atoms with E-state index in [9.17, 15) is 4.79 Å². The second-order valence-corrected chi connectivity index (χ2v) is 7.22. The fraction of sp³-hybridized carbons (Fsp3) is 0.529. The molecular weight excluding hydrogens is 324 g/mol. The highest BCUT2D eigenvalue weighted by atomic mass is 32.1. The first-order valence-corrected chi connectivity index (χ1v) is 9.38. The number of nitrogens with zero attached hydrogens (tertiary/aromatic N) is 3. The third-order valence-electron chi connectivity index (χ3n) is 4.90. The SMILES string of the molecule is O=C(Nc1ccc2ncsc2c1)N1CCC(N2CCOCC2)CC1. The molecule has 128 valence electrons. The second kappa shape index (κ2) is 7.04. The molecule has 2 amide bonds. The van der Waals surface area contributed by atoms with E-state index in [1.165, 1.54) is 0 Å². The maximum absolute atomic E-state index is 12.5. The summed E-state index contributed by atoms with van der Waals surface area (Å²) in [5.74, 6) is 0. The Balaban J connectivity index is 1.32. The van der Waals surface area contributed by atoms with E-state index in [4.69, 9.17) is 4.74 Å². The maximum atomic E-state index is 12.5. The highest BCUT2D eigenvalue weighted by Gasteiger charge is 2.27. The van der Waals surface area contributed by atoms with Gasteiger partial charge in [0.05, 0.1) is 28.9 Å². The monoisotopic (exact) mass is 346 g/mol. The molecule has 1 aromatic carbocycles. The number of benzene rings is 1.